The number of nitrogens with zero attached hydrogens (tertiary/aromatic N) is 1. The van der Waals surface area contributed by atoms with Crippen molar-refractivity contribution >= 4 is 11.5 Å². The maximum absolute atomic E-state index is 10.9. The molecular formula is C8H7NO3. The Kier molecular flexibility index (Phi) is 2.66. The molecule has 0 heterocycles. The molecule has 0 saturated heterocycles. The third-order valence-corrected chi connectivity index (χ3v) is 1.45. The molecule has 0 amide bonds. The van der Waals surface area contributed by atoms with Crippen molar-refractivity contribution in [2.75, 3.05) is 6.61 Å². The number of hydrogen-bond acceptors (Lipinski definition) is 4. The summed E-state index contributed by atoms with van der Waals surface area (Å²) < 4.78 is 0. The van der Waals surface area contributed by atoms with E-state index < -0.39 is 12.4 Å². The van der Waals surface area contributed by atoms with Gasteiger partial charge in [-0.25, -0.2) is 0 Å². The van der Waals surface area contributed by atoms with E-state index in [-0.39, 0.29) is 11.3 Å². The van der Waals surface area contributed by atoms with Gasteiger partial charge in [-0.05, 0) is 17.3 Å². The maximum Gasteiger partial charge on any atom is 0.190 e. The van der Waals surface area contributed by atoms with Gasteiger partial charge >= 0.3 is 0 Å². The lowest BCUT2D eigenvalue weighted by molar-refractivity contribution is 0.0904. The molecule has 0 fully saturated rings. The highest BCUT2D eigenvalue weighted by atomic mass is 16.3. The molecule has 0 aliphatic carbocycles. The Balaban J connectivity index is 3.13. The highest BCUT2D eigenvalue weighted by Gasteiger charge is 2.08. The van der Waals surface area contributed by atoms with Crippen molar-refractivity contribution in [3.05, 3.63) is 34.7 Å². The van der Waals surface area contributed by atoms with Crippen molar-refractivity contribution in [2.45, 2.75) is 0 Å². The van der Waals surface area contributed by atoms with Crippen LogP contribution < -0.4 is 0 Å². The number of carbonyl (C=O) groups excluding carboxylic acids is 1. The summed E-state index contributed by atoms with van der Waals surface area (Å²) in [6.07, 6.45) is 0. The van der Waals surface area contributed by atoms with Gasteiger partial charge in [0, 0.05) is 5.56 Å². The van der Waals surface area contributed by atoms with Crippen molar-refractivity contribution in [2.24, 2.45) is 5.18 Å². The largest absolute Gasteiger partial charge is 0.388 e. The number of aliphatic hydroxyl groups excluding tert-OH is 1. The van der Waals surface area contributed by atoms with Crippen molar-refractivity contribution in [3.63, 3.8) is 0 Å². The molecule has 0 spiro atoms. The molecule has 1 aromatic rings. The first-order valence-corrected chi connectivity index (χ1v) is 3.36. The smallest absolute Gasteiger partial charge is 0.190 e. The molecule has 1 rings (SSSR count). The lowest BCUT2D eigenvalue weighted by Crippen LogP contribution is -2.03. The lowest BCUT2D eigenvalue weighted by Gasteiger charge is -1.97. The molecule has 0 bridgehead atoms. The van der Waals surface area contributed by atoms with Crippen LogP contribution in [0.25, 0.3) is 0 Å². The molecule has 4 heteroatoms. The Morgan fingerprint density at radius 3 is 2.67 bits per heavy atom. The molecule has 0 radical (unpaired) electrons. The van der Waals surface area contributed by atoms with Crippen LogP contribution in [0.1, 0.15) is 10.4 Å². The van der Waals surface area contributed by atoms with E-state index in [0.29, 0.717) is 0 Å². The molecule has 0 aliphatic rings. The highest BCUT2D eigenvalue weighted by Crippen LogP contribution is 2.17. The summed E-state index contributed by atoms with van der Waals surface area (Å²) in [4.78, 5) is 21.1. The van der Waals surface area contributed by atoms with Crippen LogP contribution in [-0.2, 0) is 0 Å². The minimum Gasteiger partial charge on any atom is -0.388 e. The fourth-order valence-electron chi connectivity index (χ4n) is 0.874. The van der Waals surface area contributed by atoms with Gasteiger partial charge in [0.05, 0.1) is 0 Å². The number of ketones is 1. The van der Waals surface area contributed by atoms with Gasteiger partial charge in [0.1, 0.15) is 12.3 Å². The number of rotatable bonds is 3. The number of hydrogen-bond donors (Lipinski definition) is 1. The molecule has 0 saturated carbocycles. The van der Waals surface area contributed by atoms with E-state index in [2.05, 4.69) is 5.18 Å². The minimum atomic E-state index is -0.605. The van der Waals surface area contributed by atoms with Crippen LogP contribution >= 0.6 is 0 Å². The molecule has 0 aliphatic heterocycles. The van der Waals surface area contributed by atoms with Crippen LogP contribution in [0.15, 0.2) is 29.4 Å². The summed E-state index contributed by atoms with van der Waals surface area (Å²) in [5.74, 6) is -0.495. The second-order valence-electron chi connectivity index (χ2n) is 2.19. The van der Waals surface area contributed by atoms with Crippen LogP contribution in [0.3, 0.4) is 0 Å². The highest BCUT2D eigenvalue weighted by molar-refractivity contribution is 6.01. The molecular weight excluding hydrogens is 158 g/mol. The maximum atomic E-state index is 10.9. The van der Waals surface area contributed by atoms with Gasteiger partial charge in [0.25, 0.3) is 0 Å². The second kappa shape index (κ2) is 3.73. The molecule has 0 atom stereocenters. The first kappa shape index (κ1) is 8.55. The van der Waals surface area contributed by atoms with Crippen LogP contribution in [0, 0.1) is 4.91 Å². The topological polar surface area (TPSA) is 66.7 Å². The Morgan fingerprint density at radius 1 is 1.42 bits per heavy atom. The zero-order valence-electron chi connectivity index (χ0n) is 6.23. The first-order chi connectivity index (χ1) is 5.79. The summed E-state index contributed by atoms with van der Waals surface area (Å²) in [5.41, 5.74) is 0.228. The molecule has 0 unspecified atom stereocenters. The summed E-state index contributed by atoms with van der Waals surface area (Å²) in [5, 5.41) is 11.2. The number of benzene rings is 1. The van der Waals surface area contributed by atoms with Crippen LogP contribution in [0.2, 0.25) is 0 Å². The normalized spacial score (nSPS) is 9.42. The standard InChI is InChI=1S/C8H7NO3/c10-5-8(11)6-3-1-2-4-7(6)9-12/h1-4,10H,5H2. The zero-order valence-corrected chi connectivity index (χ0v) is 6.23. The van der Waals surface area contributed by atoms with Crippen molar-refractivity contribution in [1.29, 1.82) is 0 Å². The Bertz CT molecular complexity index is 309. The third kappa shape index (κ3) is 1.54. The van der Waals surface area contributed by atoms with Crippen LogP contribution in [0.4, 0.5) is 5.69 Å². The van der Waals surface area contributed by atoms with E-state index in [9.17, 15) is 9.70 Å². The van der Waals surface area contributed by atoms with Gasteiger partial charge in [0.2, 0.25) is 0 Å². The van der Waals surface area contributed by atoms with E-state index in [1.54, 1.807) is 12.1 Å². The van der Waals surface area contributed by atoms with Crippen molar-refractivity contribution in [1.82, 2.24) is 0 Å². The lowest BCUT2D eigenvalue weighted by atomic mass is 10.1. The summed E-state index contributed by atoms with van der Waals surface area (Å²) in [6.45, 7) is -0.605. The fourth-order valence-corrected chi connectivity index (χ4v) is 0.874. The van der Waals surface area contributed by atoms with E-state index in [4.69, 9.17) is 5.11 Å². The molecule has 0 aromatic heterocycles. The monoisotopic (exact) mass is 165 g/mol. The second-order valence-corrected chi connectivity index (χ2v) is 2.19. The summed E-state index contributed by atoms with van der Waals surface area (Å²) in [6, 6.07) is 6.09. The Morgan fingerprint density at radius 2 is 2.08 bits per heavy atom. The zero-order chi connectivity index (χ0) is 8.97. The van der Waals surface area contributed by atoms with Gasteiger partial charge in [-0.2, -0.15) is 0 Å². The predicted octanol–water partition coefficient (Wildman–Crippen LogP) is 1.26. The average molecular weight is 165 g/mol. The minimum absolute atomic E-state index is 0.0663. The quantitative estimate of drug-likeness (QED) is 0.541. The van der Waals surface area contributed by atoms with E-state index in [1.807, 2.05) is 0 Å². The molecule has 12 heavy (non-hydrogen) atoms. The third-order valence-electron chi connectivity index (χ3n) is 1.45. The Hall–Kier alpha value is -1.55. The number of aliphatic hydroxyl groups is 1. The average Bonchev–Trinajstić information content (AvgIpc) is 2.16. The molecule has 4 nitrogen and oxygen atoms in total. The number of nitroso groups, excluding NO2 is 1. The van der Waals surface area contributed by atoms with Crippen LogP contribution in [-0.4, -0.2) is 17.5 Å². The van der Waals surface area contributed by atoms with E-state index >= 15 is 0 Å². The predicted molar refractivity (Wildman–Crippen MR) is 43.3 cm³/mol. The SMILES string of the molecule is O=Nc1ccccc1C(=O)CO. The fraction of sp³-hybridized carbons (Fsp3) is 0.125. The summed E-state index contributed by atoms with van der Waals surface area (Å²) >= 11 is 0. The van der Waals surface area contributed by atoms with Gasteiger partial charge in [-0.15, -0.1) is 4.91 Å². The van der Waals surface area contributed by atoms with Gasteiger partial charge in [-0.3, -0.25) is 4.79 Å². The van der Waals surface area contributed by atoms with Crippen LogP contribution in [0.5, 0.6) is 0 Å². The van der Waals surface area contributed by atoms with Gasteiger partial charge in [0.15, 0.2) is 5.78 Å². The first-order valence-electron chi connectivity index (χ1n) is 3.36. The van der Waals surface area contributed by atoms with E-state index in [1.165, 1.54) is 12.1 Å². The van der Waals surface area contributed by atoms with Gasteiger partial charge in [-0.1, -0.05) is 12.1 Å². The number of Topliss-reactive ketones (excluding diaryl/α,β-unsaturated/α-hetero) is 1. The molecule has 1 N–H and O–H groups in total. The van der Waals surface area contributed by atoms with Crippen molar-refractivity contribution < 1.29 is 9.90 Å². The molecule has 62 valence electrons. The van der Waals surface area contributed by atoms with Crippen molar-refractivity contribution in [3.8, 4) is 0 Å². The summed E-state index contributed by atoms with van der Waals surface area (Å²) in [7, 11) is 0. The molecule has 1 aromatic carbocycles. The Labute approximate surface area is 68.8 Å². The van der Waals surface area contributed by atoms with E-state index in [0.717, 1.165) is 0 Å². The number of carbonyl (C=O) groups is 1. The van der Waals surface area contributed by atoms with Gasteiger partial charge < -0.3 is 5.11 Å².